The van der Waals surface area contributed by atoms with E-state index in [2.05, 4.69) is 104 Å². The van der Waals surface area contributed by atoms with Gasteiger partial charge in [-0.25, -0.2) is 8.42 Å². The Bertz CT molecular complexity index is 2970. The Morgan fingerprint density at radius 2 is 1.40 bits per heavy atom. The Labute approximate surface area is 453 Å². The van der Waals surface area contributed by atoms with E-state index in [0.29, 0.717) is 30.3 Å². The maximum Gasteiger partial charge on any atom is 0.261 e. The van der Waals surface area contributed by atoms with E-state index in [1.165, 1.54) is 4.90 Å². The van der Waals surface area contributed by atoms with Crippen LogP contribution in [0.2, 0.25) is 5.02 Å². The Morgan fingerprint density at radius 3 is 2.05 bits per heavy atom. The highest BCUT2D eigenvalue weighted by Crippen LogP contribution is 2.43. The van der Waals surface area contributed by atoms with Crippen molar-refractivity contribution in [3.8, 4) is 22.4 Å². The minimum Gasteiger partial charge on any atom is -0.395 e. The van der Waals surface area contributed by atoms with Crippen LogP contribution in [0, 0.1) is 13.8 Å². The third-order valence-electron chi connectivity index (χ3n) is 15.1. The summed E-state index contributed by atoms with van der Waals surface area (Å²) in [6, 6.07) is 40.1. The number of nitrogens with one attached hydrogen (secondary N) is 2. The summed E-state index contributed by atoms with van der Waals surface area (Å²) in [6.45, 7) is 17.5. The Hall–Kier alpha value is -5.52. The summed E-state index contributed by atoms with van der Waals surface area (Å²) < 4.78 is 32.7. The Morgan fingerprint density at radius 1 is 0.733 bits per heavy atom. The number of aryl methyl sites for hydroxylation is 1. The van der Waals surface area contributed by atoms with Gasteiger partial charge in [0.25, 0.3) is 15.9 Å². The lowest BCUT2D eigenvalue weighted by Crippen LogP contribution is -2.49. The van der Waals surface area contributed by atoms with Gasteiger partial charge in [-0.05, 0) is 143 Å². The number of carbonyl (C=O) groups is 1. The van der Waals surface area contributed by atoms with Gasteiger partial charge in [-0.1, -0.05) is 54.1 Å². The number of piperazine rings is 2. The van der Waals surface area contributed by atoms with Crippen molar-refractivity contribution in [2.75, 3.05) is 111 Å². The monoisotopic (exact) mass is 1070 g/mol. The van der Waals surface area contributed by atoms with Gasteiger partial charge >= 0.3 is 0 Å². The summed E-state index contributed by atoms with van der Waals surface area (Å²) in [7, 11) is -3.87. The number of aliphatic hydroxyl groups excluding tert-OH is 2. The molecule has 75 heavy (non-hydrogen) atoms. The zero-order valence-corrected chi connectivity index (χ0v) is 46.2. The first-order valence-corrected chi connectivity index (χ1v) is 29.4. The van der Waals surface area contributed by atoms with Gasteiger partial charge in [-0.15, -0.1) is 11.8 Å². The summed E-state index contributed by atoms with van der Waals surface area (Å²) in [5, 5.41) is 24.0. The topological polar surface area (TPSA) is 137 Å². The number of thioether (sulfide) groups is 1. The summed E-state index contributed by atoms with van der Waals surface area (Å²) >= 11 is 8.24. The zero-order chi connectivity index (χ0) is 52.6. The number of anilines is 4. The van der Waals surface area contributed by atoms with Crippen LogP contribution in [0.25, 0.3) is 22.4 Å². The van der Waals surface area contributed by atoms with E-state index in [0.717, 1.165) is 140 Å². The lowest BCUT2D eigenvalue weighted by Gasteiger charge is -2.37. The molecule has 9 rings (SSSR count). The minimum absolute atomic E-state index is 0.0249. The summed E-state index contributed by atoms with van der Waals surface area (Å²) in [5.74, 6) is 0.886. The number of rotatable bonds is 19. The lowest BCUT2D eigenvalue weighted by molar-refractivity contribution is 0.0614. The van der Waals surface area contributed by atoms with E-state index < -0.39 is 10.0 Å². The van der Waals surface area contributed by atoms with Crippen LogP contribution in [0.4, 0.5) is 22.7 Å². The molecule has 4 N–H and O–H groups in total. The van der Waals surface area contributed by atoms with Crippen LogP contribution in [0.3, 0.4) is 0 Å². The fourth-order valence-electron chi connectivity index (χ4n) is 10.9. The molecule has 6 aromatic rings. The number of aliphatic hydroxyl groups is 2. The maximum atomic E-state index is 14.8. The molecule has 0 aliphatic carbocycles. The quantitative estimate of drug-likeness (QED) is 0.0578. The highest BCUT2D eigenvalue weighted by atomic mass is 35.5. The first kappa shape index (κ1) is 54.3. The van der Waals surface area contributed by atoms with Crippen molar-refractivity contribution in [3.05, 3.63) is 143 Å². The highest BCUT2D eigenvalue weighted by molar-refractivity contribution is 7.99. The second-order valence-electron chi connectivity index (χ2n) is 20.5. The number of β-amino-alcohol motifs (C(OH)–C–C–N with tert-alkyl or cyclic N) is 1. The summed E-state index contributed by atoms with van der Waals surface area (Å²) in [4.78, 5) is 27.5. The molecule has 4 heterocycles. The molecule has 398 valence electrons. The van der Waals surface area contributed by atoms with Gasteiger partial charge < -0.3 is 39.7 Å². The predicted octanol–water partition coefficient (Wildman–Crippen LogP) is 9.97. The number of aromatic nitrogens is 1. The third kappa shape index (κ3) is 13.2. The van der Waals surface area contributed by atoms with Gasteiger partial charge in [0.1, 0.15) is 0 Å². The van der Waals surface area contributed by atoms with E-state index >= 15 is 0 Å². The molecule has 0 bridgehead atoms. The number of sulfonamides is 1. The van der Waals surface area contributed by atoms with E-state index in [1.807, 2.05) is 84.2 Å². The van der Waals surface area contributed by atoms with Crippen LogP contribution < -0.4 is 19.8 Å². The Balaban J connectivity index is 0.859. The van der Waals surface area contributed by atoms with Crippen molar-refractivity contribution in [1.29, 1.82) is 0 Å². The number of halogens is 1. The molecule has 13 nitrogen and oxygen atoms in total. The molecule has 16 heteroatoms. The lowest BCUT2D eigenvalue weighted by atomic mass is 9.95. The van der Waals surface area contributed by atoms with Gasteiger partial charge in [-0.2, -0.15) is 0 Å². The largest absolute Gasteiger partial charge is 0.395 e. The smallest absolute Gasteiger partial charge is 0.261 e. The normalized spacial score (nSPS) is 16.7. The first-order chi connectivity index (χ1) is 36.2. The van der Waals surface area contributed by atoms with Gasteiger partial charge in [-0.3, -0.25) is 14.4 Å². The van der Waals surface area contributed by atoms with Crippen molar-refractivity contribution in [1.82, 2.24) is 19.3 Å². The van der Waals surface area contributed by atoms with Crippen molar-refractivity contribution < 1.29 is 23.4 Å². The molecule has 0 radical (unpaired) electrons. The molecule has 3 saturated heterocycles. The standard InChI is InChI=1S/C59H73ClN8O5S2/c1-42(2)68-44(4)56(59(71)67-31-29-64(30-32-67)37-38-69)57(58(68)45-13-15-47(60)16-14-45)46-9-8-10-51(40-46)66-35-33-65(34-36-66)50-19-17-48(18-20-50)62-75(72,73)54-21-22-55(43(3)39-54)61-49(41-74-53-11-6-5-7-12-53)23-26-63-27-24-52(70)25-28-63/h5-22,39-40,42,49,52,61-62,69-70H,23-38,41H2,1-4H3/t49-/m1/s1. The predicted molar refractivity (Wildman–Crippen MR) is 309 cm³/mol. The molecule has 5 aromatic carbocycles. The van der Waals surface area contributed by atoms with Crippen molar-refractivity contribution in [2.24, 2.45) is 0 Å². The molecule has 1 amide bonds. The van der Waals surface area contributed by atoms with Gasteiger partial charge in [0, 0.05) is 140 Å². The van der Waals surface area contributed by atoms with Crippen LogP contribution in [-0.2, 0) is 10.0 Å². The van der Waals surface area contributed by atoms with Crippen molar-refractivity contribution >= 4 is 62.0 Å². The van der Waals surface area contributed by atoms with Crippen molar-refractivity contribution in [2.45, 2.75) is 74.9 Å². The number of nitrogens with zero attached hydrogens (tertiary/aromatic N) is 6. The van der Waals surface area contributed by atoms with Gasteiger partial charge in [0.15, 0.2) is 0 Å². The second-order valence-corrected chi connectivity index (χ2v) is 23.7. The van der Waals surface area contributed by atoms with Crippen LogP contribution in [-0.4, -0.2) is 147 Å². The average molecular weight is 1070 g/mol. The van der Waals surface area contributed by atoms with Crippen molar-refractivity contribution in [3.63, 3.8) is 0 Å². The van der Waals surface area contributed by atoms with Gasteiger partial charge in [0.2, 0.25) is 0 Å². The van der Waals surface area contributed by atoms with Crippen LogP contribution >= 0.6 is 23.4 Å². The zero-order valence-electron chi connectivity index (χ0n) is 43.8. The fraction of sp³-hybridized carbons (Fsp3) is 0.407. The molecule has 0 saturated carbocycles. The first-order valence-electron chi connectivity index (χ1n) is 26.6. The number of benzene rings is 5. The molecule has 1 aromatic heterocycles. The SMILES string of the molecule is Cc1cc(S(=O)(=O)Nc2ccc(N3CCN(c4cccc(-c5c(C(=O)N6CCN(CCO)CC6)c(C)n(C(C)C)c5-c5ccc(Cl)cc5)c4)CC3)cc2)ccc1N[C@H](CCN1CCC(O)CC1)CSc1ccccc1. The van der Waals surface area contributed by atoms with Crippen LogP contribution in [0.5, 0.6) is 0 Å². The molecule has 0 unspecified atom stereocenters. The molecule has 0 spiro atoms. The summed E-state index contributed by atoms with van der Waals surface area (Å²) in [6.07, 6.45) is 2.34. The molecule has 3 fully saturated rings. The number of piperidine rings is 1. The molecule has 1 atom stereocenters. The molecular weight excluding hydrogens is 1000 g/mol. The van der Waals surface area contributed by atoms with E-state index in [4.69, 9.17) is 11.6 Å². The number of amides is 1. The van der Waals surface area contributed by atoms with E-state index in [1.54, 1.807) is 12.1 Å². The molecule has 3 aliphatic heterocycles. The van der Waals surface area contributed by atoms with E-state index in [-0.39, 0.29) is 35.6 Å². The summed E-state index contributed by atoms with van der Waals surface area (Å²) in [5.41, 5.74) is 9.93. The highest BCUT2D eigenvalue weighted by Gasteiger charge is 2.33. The van der Waals surface area contributed by atoms with Crippen LogP contribution in [0.15, 0.2) is 131 Å². The van der Waals surface area contributed by atoms with Crippen LogP contribution in [0.1, 0.15) is 60.8 Å². The average Bonchev–Trinajstić information content (AvgIpc) is 3.74. The number of carbonyl (C=O) groups excluding carboxylic acids is 1. The Kier molecular flexibility index (Phi) is 17.8. The fourth-order valence-corrected chi connectivity index (χ4v) is 13.1. The minimum atomic E-state index is -3.87. The molecular formula is C59H73ClN8O5S2. The van der Waals surface area contributed by atoms with Gasteiger partial charge in [0.05, 0.1) is 28.9 Å². The number of likely N-dealkylation sites (tertiary alicyclic amines) is 1. The third-order valence-corrected chi connectivity index (χ3v) is 17.9. The number of hydrogen-bond donors (Lipinski definition) is 4. The molecule has 3 aliphatic rings. The van der Waals surface area contributed by atoms with E-state index in [9.17, 15) is 23.4 Å². The number of hydrogen-bond acceptors (Lipinski definition) is 11. The second kappa shape index (κ2) is 24.6. The maximum absolute atomic E-state index is 14.8.